The van der Waals surface area contributed by atoms with Crippen LogP contribution in [0.3, 0.4) is 0 Å². The van der Waals surface area contributed by atoms with Crippen molar-refractivity contribution in [1.29, 1.82) is 0 Å². The molecule has 1 aromatic carbocycles. The van der Waals surface area contributed by atoms with Gasteiger partial charge in [-0.1, -0.05) is 38.0 Å². The van der Waals surface area contributed by atoms with Crippen LogP contribution in [-0.2, 0) is 9.59 Å². The van der Waals surface area contributed by atoms with Gasteiger partial charge in [-0.2, -0.15) is 0 Å². The van der Waals surface area contributed by atoms with Gasteiger partial charge in [-0.25, -0.2) is 4.79 Å². The fourth-order valence-corrected chi connectivity index (χ4v) is 2.67. The Morgan fingerprint density at radius 1 is 1.29 bits per heavy atom. The molecule has 0 bridgehead atoms. The molecule has 1 aliphatic rings. The topological polar surface area (TPSA) is 75.6 Å². The number of carbonyl (C=O) groups is 2. The van der Waals surface area contributed by atoms with Gasteiger partial charge >= 0.3 is 5.97 Å². The molecule has 5 heteroatoms. The van der Waals surface area contributed by atoms with Crippen molar-refractivity contribution in [1.82, 2.24) is 5.32 Å². The van der Waals surface area contributed by atoms with Crippen molar-refractivity contribution in [3.63, 3.8) is 0 Å². The zero-order valence-corrected chi connectivity index (χ0v) is 12.2. The largest absolute Gasteiger partial charge is 0.481 e. The highest BCUT2D eigenvalue weighted by molar-refractivity contribution is 5.89. The molecule has 2 N–H and O–H groups in total. The molecule has 1 unspecified atom stereocenters. The van der Waals surface area contributed by atoms with Gasteiger partial charge < -0.3 is 15.2 Å². The smallest absolute Gasteiger partial charge is 0.329 e. The lowest BCUT2D eigenvalue weighted by Gasteiger charge is -2.28. The molecule has 1 atom stereocenters. The molecule has 0 spiro atoms. The molecule has 5 nitrogen and oxygen atoms in total. The van der Waals surface area contributed by atoms with Crippen LogP contribution < -0.4 is 10.1 Å². The minimum atomic E-state index is -1.12. The van der Waals surface area contributed by atoms with Crippen LogP contribution in [0.1, 0.15) is 39.0 Å². The van der Waals surface area contributed by atoms with E-state index in [4.69, 9.17) is 4.74 Å². The standard InChI is InChI=1S/C16H21NO4/c1-2-13(21-12-8-4-3-5-9-12)14(18)17-16(15(19)20)10-6-7-11-16/h3-5,8-9,13H,2,6-7,10-11H2,1H3,(H,17,18)(H,19,20). The van der Waals surface area contributed by atoms with Crippen LogP contribution in [-0.4, -0.2) is 28.6 Å². The van der Waals surface area contributed by atoms with Crippen LogP contribution in [0.15, 0.2) is 30.3 Å². The van der Waals surface area contributed by atoms with Crippen molar-refractivity contribution in [2.75, 3.05) is 0 Å². The monoisotopic (exact) mass is 291 g/mol. The Labute approximate surface area is 124 Å². The average Bonchev–Trinajstić information content (AvgIpc) is 2.95. The minimum absolute atomic E-state index is 0.356. The van der Waals surface area contributed by atoms with Gasteiger partial charge in [-0.05, 0) is 31.4 Å². The highest BCUT2D eigenvalue weighted by Crippen LogP contribution is 2.30. The molecule has 1 aliphatic carbocycles. The van der Waals surface area contributed by atoms with E-state index in [-0.39, 0.29) is 5.91 Å². The van der Waals surface area contributed by atoms with Crippen molar-refractivity contribution in [3.05, 3.63) is 30.3 Å². The van der Waals surface area contributed by atoms with Gasteiger partial charge in [-0.15, -0.1) is 0 Å². The van der Waals surface area contributed by atoms with E-state index < -0.39 is 17.6 Å². The quantitative estimate of drug-likeness (QED) is 0.843. The van der Waals surface area contributed by atoms with Gasteiger partial charge in [0.2, 0.25) is 0 Å². The Bertz CT molecular complexity index is 494. The number of carboxylic acid groups (broad SMARTS) is 1. The first-order valence-electron chi connectivity index (χ1n) is 7.34. The van der Waals surface area contributed by atoms with Crippen molar-refractivity contribution in [3.8, 4) is 5.75 Å². The zero-order chi connectivity index (χ0) is 15.3. The summed E-state index contributed by atoms with van der Waals surface area (Å²) in [6.07, 6.45) is 2.41. The Kier molecular flexibility index (Phi) is 4.83. The lowest BCUT2D eigenvalue weighted by atomic mass is 9.97. The maximum atomic E-state index is 12.3. The number of benzene rings is 1. The minimum Gasteiger partial charge on any atom is -0.481 e. The summed E-state index contributed by atoms with van der Waals surface area (Å²) in [5, 5.41) is 12.1. The molecule has 1 aromatic rings. The van der Waals surface area contributed by atoms with Gasteiger partial charge in [0.1, 0.15) is 11.3 Å². The highest BCUT2D eigenvalue weighted by Gasteiger charge is 2.43. The summed E-state index contributed by atoms with van der Waals surface area (Å²) < 4.78 is 5.66. The van der Waals surface area contributed by atoms with Crippen LogP contribution in [0.25, 0.3) is 0 Å². The second-order valence-electron chi connectivity index (χ2n) is 5.41. The first kappa shape index (κ1) is 15.4. The SMILES string of the molecule is CCC(Oc1ccccc1)C(=O)NC1(C(=O)O)CCCC1. The highest BCUT2D eigenvalue weighted by atomic mass is 16.5. The van der Waals surface area contributed by atoms with E-state index >= 15 is 0 Å². The van der Waals surface area contributed by atoms with Gasteiger partial charge in [0.25, 0.3) is 5.91 Å². The predicted octanol–water partition coefficient (Wildman–Crippen LogP) is 2.36. The van der Waals surface area contributed by atoms with Crippen molar-refractivity contribution < 1.29 is 19.4 Å². The fourth-order valence-electron chi connectivity index (χ4n) is 2.67. The molecule has 21 heavy (non-hydrogen) atoms. The third kappa shape index (κ3) is 3.54. The molecule has 1 amide bonds. The summed E-state index contributed by atoms with van der Waals surface area (Å²) in [5.74, 6) is -0.705. The Morgan fingerprint density at radius 3 is 2.43 bits per heavy atom. The van der Waals surface area contributed by atoms with Crippen LogP contribution in [0.4, 0.5) is 0 Å². The van der Waals surface area contributed by atoms with E-state index in [2.05, 4.69) is 5.32 Å². The summed E-state index contributed by atoms with van der Waals surface area (Å²) in [6, 6.07) is 9.08. The molecule has 1 saturated carbocycles. The normalized spacial score (nSPS) is 18.0. The number of hydrogen-bond donors (Lipinski definition) is 2. The van der Waals surface area contributed by atoms with E-state index in [0.717, 1.165) is 12.8 Å². The Balaban J connectivity index is 2.04. The summed E-state index contributed by atoms with van der Waals surface area (Å²) in [7, 11) is 0. The molecule has 0 heterocycles. The first-order valence-corrected chi connectivity index (χ1v) is 7.34. The predicted molar refractivity (Wildman–Crippen MR) is 78.1 cm³/mol. The summed E-state index contributed by atoms with van der Waals surface area (Å²) in [6.45, 7) is 1.84. The van der Waals surface area contributed by atoms with E-state index in [1.165, 1.54) is 0 Å². The van der Waals surface area contributed by atoms with Gasteiger partial charge in [0.05, 0.1) is 0 Å². The number of amides is 1. The molecule has 114 valence electrons. The first-order chi connectivity index (χ1) is 10.1. The van der Waals surface area contributed by atoms with E-state index in [1.807, 2.05) is 25.1 Å². The molecule has 2 rings (SSSR count). The number of nitrogens with one attached hydrogen (secondary N) is 1. The Morgan fingerprint density at radius 2 is 1.90 bits per heavy atom. The second-order valence-corrected chi connectivity index (χ2v) is 5.41. The maximum Gasteiger partial charge on any atom is 0.329 e. The van der Waals surface area contributed by atoms with Crippen LogP contribution in [0.2, 0.25) is 0 Å². The van der Waals surface area contributed by atoms with Crippen LogP contribution in [0, 0.1) is 0 Å². The molecule has 0 aromatic heterocycles. The number of para-hydroxylation sites is 1. The molecule has 1 fully saturated rings. The molecule has 0 aliphatic heterocycles. The van der Waals surface area contributed by atoms with Gasteiger partial charge in [0.15, 0.2) is 6.10 Å². The number of rotatable bonds is 6. The molecular weight excluding hydrogens is 270 g/mol. The number of ether oxygens (including phenoxy) is 1. The van der Waals surface area contributed by atoms with Crippen LogP contribution in [0.5, 0.6) is 5.75 Å². The average molecular weight is 291 g/mol. The lowest BCUT2D eigenvalue weighted by Crippen LogP contribution is -2.55. The molecule has 0 radical (unpaired) electrons. The summed E-state index contributed by atoms with van der Waals surface area (Å²) in [4.78, 5) is 23.8. The van der Waals surface area contributed by atoms with Gasteiger partial charge in [0, 0.05) is 0 Å². The Hall–Kier alpha value is -2.04. The second kappa shape index (κ2) is 6.61. The maximum absolute atomic E-state index is 12.3. The number of aliphatic carboxylic acids is 1. The van der Waals surface area contributed by atoms with E-state index in [1.54, 1.807) is 12.1 Å². The fraction of sp³-hybridized carbons (Fsp3) is 0.500. The van der Waals surface area contributed by atoms with E-state index in [9.17, 15) is 14.7 Å². The van der Waals surface area contributed by atoms with E-state index in [0.29, 0.717) is 25.0 Å². The lowest BCUT2D eigenvalue weighted by molar-refractivity contribution is -0.148. The summed E-state index contributed by atoms with van der Waals surface area (Å²) in [5.41, 5.74) is -1.12. The third-order valence-corrected chi connectivity index (χ3v) is 3.91. The number of hydrogen-bond acceptors (Lipinski definition) is 3. The third-order valence-electron chi connectivity index (χ3n) is 3.91. The van der Waals surface area contributed by atoms with Crippen LogP contribution >= 0.6 is 0 Å². The van der Waals surface area contributed by atoms with Crippen molar-refractivity contribution in [2.24, 2.45) is 0 Å². The zero-order valence-electron chi connectivity index (χ0n) is 12.2. The molecular formula is C16H21NO4. The number of carboxylic acids is 1. The summed E-state index contributed by atoms with van der Waals surface area (Å²) >= 11 is 0. The number of carbonyl (C=O) groups excluding carboxylic acids is 1. The van der Waals surface area contributed by atoms with Crippen molar-refractivity contribution in [2.45, 2.75) is 50.7 Å². The molecule has 0 saturated heterocycles. The van der Waals surface area contributed by atoms with Gasteiger partial charge in [-0.3, -0.25) is 4.79 Å². The van der Waals surface area contributed by atoms with Crippen molar-refractivity contribution >= 4 is 11.9 Å².